The lowest BCUT2D eigenvalue weighted by Crippen LogP contribution is -2.51. The highest BCUT2D eigenvalue weighted by atomic mass is 35.5. The smallest absolute Gasteiger partial charge is 0.244 e. The number of nitrogens with zero attached hydrogens (tertiary/aromatic N) is 2. The summed E-state index contributed by atoms with van der Waals surface area (Å²) in [7, 11) is -2.40. The quantitative estimate of drug-likeness (QED) is 0.542. The van der Waals surface area contributed by atoms with Crippen molar-refractivity contribution in [1.82, 2.24) is 10.2 Å². The molecule has 0 aliphatic rings. The molecule has 11 heteroatoms. The van der Waals surface area contributed by atoms with Crippen LogP contribution in [0.1, 0.15) is 18.9 Å². The standard InChI is InChI=1S/C21H24Cl3N3O4S/c1-4-18(21(29)25-2)26(12-14-5-7-15(22)8-6-14)20(28)13-27(32(3,30)31)19-10-9-16(23)11-17(19)24/h5-11,18H,4,12-13H2,1-3H3,(H,25,29). The average molecular weight is 521 g/mol. The van der Waals surface area contributed by atoms with E-state index in [2.05, 4.69) is 5.32 Å². The van der Waals surface area contributed by atoms with Crippen molar-refractivity contribution in [3.63, 3.8) is 0 Å². The van der Waals surface area contributed by atoms with Crippen LogP contribution in [0.2, 0.25) is 15.1 Å². The number of nitrogens with one attached hydrogen (secondary N) is 1. The second kappa shape index (κ2) is 11.2. The summed E-state index contributed by atoms with van der Waals surface area (Å²) in [5, 5.41) is 3.50. The molecule has 2 aromatic carbocycles. The van der Waals surface area contributed by atoms with Gasteiger partial charge >= 0.3 is 0 Å². The van der Waals surface area contributed by atoms with Crippen molar-refractivity contribution in [1.29, 1.82) is 0 Å². The zero-order valence-corrected chi connectivity index (χ0v) is 20.9. The summed E-state index contributed by atoms with van der Waals surface area (Å²) >= 11 is 18.1. The maximum absolute atomic E-state index is 13.4. The van der Waals surface area contributed by atoms with E-state index in [4.69, 9.17) is 34.8 Å². The van der Waals surface area contributed by atoms with Crippen LogP contribution in [-0.2, 0) is 26.2 Å². The summed E-state index contributed by atoms with van der Waals surface area (Å²) in [6.07, 6.45) is 1.31. The molecule has 32 heavy (non-hydrogen) atoms. The van der Waals surface area contributed by atoms with Gasteiger partial charge < -0.3 is 10.2 Å². The van der Waals surface area contributed by atoms with Crippen molar-refractivity contribution in [2.24, 2.45) is 0 Å². The monoisotopic (exact) mass is 519 g/mol. The molecule has 0 aliphatic carbocycles. The van der Waals surface area contributed by atoms with Crippen molar-refractivity contribution in [2.45, 2.75) is 25.9 Å². The Bertz CT molecular complexity index is 1080. The van der Waals surface area contributed by atoms with E-state index in [0.29, 0.717) is 16.5 Å². The van der Waals surface area contributed by atoms with Gasteiger partial charge in [-0.2, -0.15) is 0 Å². The van der Waals surface area contributed by atoms with Crippen molar-refractivity contribution >= 4 is 62.3 Å². The molecule has 0 heterocycles. The van der Waals surface area contributed by atoms with Crippen LogP contribution < -0.4 is 9.62 Å². The highest BCUT2D eigenvalue weighted by molar-refractivity contribution is 7.92. The number of halogens is 3. The van der Waals surface area contributed by atoms with E-state index in [9.17, 15) is 18.0 Å². The van der Waals surface area contributed by atoms with Gasteiger partial charge in [0.05, 0.1) is 17.0 Å². The molecule has 1 atom stereocenters. The highest BCUT2D eigenvalue weighted by Crippen LogP contribution is 2.30. The van der Waals surface area contributed by atoms with Crippen molar-refractivity contribution in [2.75, 3.05) is 24.2 Å². The molecule has 0 saturated carbocycles. The Morgan fingerprint density at radius 2 is 1.62 bits per heavy atom. The summed E-state index contributed by atoms with van der Waals surface area (Å²) in [4.78, 5) is 27.2. The fourth-order valence-corrected chi connectivity index (χ4v) is 4.70. The van der Waals surface area contributed by atoms with E-state index >= 15 is 0 Å². The number of carbonyl (C=O) groups is 2. The zero-order valence-electron chi connectivity index (χ0n) is 17.8. The lowest BCUT2D eigenvalue weighted by molar-refractivity contribution is -0.140. The number of amides is 2. The fraction of sp³-hybridized carbons (Fsp3) is 0.333. The Labute approximate surface area is 203 Å². The SMILES string of the molecule is CCC(C(=O)NC)N(Cc1ccc(Cl)cc1)C(=O)CN(c1ccc(Cl)cc1Cl)S(C)(=O)=O. The molecule has 0 fully saturated rings. The molecule has 7 nitrogen and oxygen atoms in total. The van der Waals surface area contributed by atoms with Crippen molar-refractivity contribution < 1.29 is 18.0 Å². The third-order valence-electron chi connectivity index (χ3n) is 4.76. The molecule has 2 rings (SSSR count). The lowest BCUT2D eigenvalue weighted by Gasteiger charge is -2.32. The largest absolute Gasteiger partial charge is 0.357 e. The van der Waals surface area contributed by atoms with Gasteiger partial charge in [-0.05, 0) is 42.3 Å². The Morgan fingerprint density at radius 1 is 1.03 bits per heavy atom. The first kappa shape index (κ1) is 26.3. The third-order valence-corrected chi connectivity index (χ3v) is 6.67. The summed E-state index contributed by atoms with van der Waals surface area (Å²) < 4.78 is 25.9. The number of anilines is 1. The zero-order chi connectivity index (χ0) is 24.1. The highest BCUT2D eigenvalue weighted by Gasteiger charge is 2.31. The average Bonchev–Trinajstić information content (AvgIpc) is 2.72. The molecule has 0 aromatic heterocycles. The molecule has 0 aliphatic heterocycles. The molecule has 2 aromatic rings. The second-order valence-corrected chi connectivity index (χ2v) is 10.2. The molecular formula is C21H24Cl3N3O4S. The van der Waals surface area contributed by atoms with E-state index in [0.717, 1.165) is 16.1 Å². The number of rotatable bonds is 9. The Morgan fingerprint density at radius 3 is 2.12 bits per heavy atom. The number of sulfonamides is 1. The molecule has 0 spiro atoms. The number of carbonyl (C=O) groups excluding carboxylic acids is 2. The van der Waals surface area contributed by atoms with Crippen LogP contribution in [0.5, 0.6) is 0 Å². The first-order valence-corrected chi connectivity index (χ1v) is 12.6. The van der Waals surface area contributed by atoms with Crippen LogP contribution in [0.15, 0.2) is 42.5 Å². The molecular weight excluding hydrogens is 497 g/mol. The molecule has 1 unspecified atom stereocenters. The van der Waals surface area contributed by atoms with Gasteiger partial charge in [0, 0.05) is 23.6 Å². The maximum Gasteiger partial charge on any atom is 0.244 e. The van der Waals surface area contributed by atoms with Gasteiger partial charge in [0.15, 0.2) is 0 Å². The fourth-order valence-electron chi connectivity index (χ4n) is 3.15. The predicted octanol–water partition coefficient (Wildman–Crippen LogP) is 3.97. The van der Waals surface area contributed by atoms with E-state index in [1.54, 1.807) is 31.2 Å². The van der Waals surface area contributed by atoms with E-state index in [-0.39, 0.29) is 23.2 Å². The van der Waals surface area contributed by atoms with Gasteiger partial charge in [-0.3, -0.25) is 13.9 Å². The summed E-state index contributed by atoms with van der Waals surface area (Å²) in [6.45, 7) is 1.32. The first-order chi connectivity index (χ1) is 15.0. The van der Waals surface area contributed by atoms with Gasteiger partial charge in [0.2, 0.25) is 21.8 Å². The summed E-state index contributed by atoms with van der Waals surface area (Å²) in [5.41, 5.74) is 0.854. The molecule has 1 N–H and O–H groups in total. The molecule has 0 bridgehead atoms. The molecule has 2 amide bonds. The van der Waals surface area contributed by atoms with Gasteiger partial charge in [-0.1, -0.05) is 53.9 Å². The van der Waals surface area contributed by atoms with E-state index < -0.39 is 28.5 Å². The Kier molecular flexibility index (Phi) is 9.21. The minimum atomic E-state index is -3.88. The molecule has 174 valence electrons. The van der Waals surface area contributed by atoms with Gasteiger partial charge in [-0.15, -0.1) is 0 Å². The minimum Gasteiger partial charge on any atom is -0.357 e. The van der Waals surface area contributed by atoms with E-state index in [1.165, 1.54) is 30.1 Å². The van der Waals surface area contributed by atoms with Gasteiger partial charge in [0.25, 0.3) is 0 Å². The number of hydrogen-bond donors (Lipinski definition) is 1. The van der Waals surface area contributed by atoms with Crippen molar-refractivity contribution in [3.05, 3.63) is 63.1 Å². The predicted molar refractivity (Wildman–Crippen MR) is 129 cm³/mol. The lowest BCUT2D eigenvalue weighted by atomic mass is 10.1. The molecule has 0 radical (unpaired) electrons. The van der Waals surface area contributed by atoms with Crippen LogP contribution in [0.25, 0.3) is 0 Å². The van der Waals surface area contributed by atoms with Crippen molar-refractivity contribution in [3.8, 4) is 0 Å². The third kappa shape index (κ3) is 6.75. The Hall–Kier alpha value is -2.00. The number of hydrogen-bond acceptors (Lipinski definition) is 4. The second-order valence-electron chi connectivity index (χ2n) is 7.05. The summed E-state index contributed by atoms with van der Waals surface area (Å²) in [5.74, 6) is -0.919. The molecule has 0 saturated heterocycles. The van der Waals surface area contributed by atoms with Crippen LogP contribution in [0.4, 0.5) is 5.69 Å². The normalized spacial score (nSPS) is 12.2. The minimum absolute atomic E-state index is 0.0818. The van der Waals surface area contributed by atoms with Crippen LogP contribution in [-0.4, -0.2) is 51.0 Å². The van der Waals surface area contributed by atoms with Gasteiger partial charge in [-0.25, -0.2) is 8.42 Å². The number of likely N-dealkylation sites (N-methyl/N-ethyl adjacent to an activating group) is 1. The van der Waals surface area contributed by atoms with Crippen LogP contribution >= 0.6 is 34.8 Å². The maximum atomic E-state index is 13.4. The van der Waals surface area contributed by atoms with Crippen LogP contribution in [0.3, 0.4) is 0 Å². The number of benzene rings is 2. The topological polar surface area (TPSA) is 86.8 Å². The first-order valence-electron chi connectivity index (χ1n) is 9.66. The van der Waals surface area contributed by atoms with E-state index in [1.807, 2.05) is 0 Å². The summed E-state index contributed by atoms with van der Waals surface area (Å²) in [6, 6.07) is 10.3. The van der Waals surface area contributed by atoms with Crippen LogP contribution in [0, 0.1) is 0 Å². The Balaban J connectivity index is 2.45. The van der Waals surface area contributed by atoms with Gasteiger partial charge in [0.1, 0.15) is 12.6 Å².